The average Bonchev–Trinajstić information content (AvgIpc) is 2.70. The number of fused-ring (bicyclic) bond motifs is 2. The number of aryl methyl sites for hydroxylation is 1. The maximum absolute atomic E-state index is 12.9. The molecule has 27 heavy (non-hydrogen) atoms. The van der Waals surface area contributed by atoms with Crippen LogP contribution in [0.15, 0.2) is 53.0 Å². The van der Waals surface area contributed by atoms with Gasteiger partial charge in [0.15, 0.2) is 12.4 Å². The van der Waals surface area contributed by atoms with Crippen LogP contribution in [0, 0.1) is 0 Å². The Labute approximate surface area is 165 Å². The highest BCUT2D eigenvalue weighted by atomic mass is 79.9. The van der Waals surface area contributed by atoms with Gasteiger partial charge in [-0.05, 0) is 49.4 Å². The van der Waals surface area contributed by atoms with E-state index in [-0.39, 0.29) is 12.4 Å². The number of nitrogens with zero attached hydrogens (tertiary/aromatic N) is 1. The van der Waals surface area contributed by atoms with Crippen LogP contribution < -0.4 is 0 Å². The Morgan fingerprint density at radius 1 is 1.00 bits per heavy atom. The van der Waals surface area contributed by atoms with Crippen molar-refractivity contribution in [1.29, 1.82) is 0 Å². The Kier molecular flexibility index (Phi) is 5.03. The fraction of sp³-hybridized carbons (Fsp3) is 0.227. The lowest BCUT2D eigenvalue weighted by Crippen LogP contribution is -2.18. The SMILES string of the molecule is O=C(COC(=O)c1c2c(nc3ccccc13)CCCC2)c1ccc(Br)cc1. The molecule has 0 fully saturated rings. The van der Waals surface area contributed by atoms with Gasteiger partial charge in [0.05, 0.1) is 11.1 Å². The number of hydrogen-bond donors (Lipinski definition) is 0. The average molecular weight is 424 g/mol. The maximum Gasteiger partial charge on any atom is 0.339 e. The van der Waals surface area contributed by atoms with Crippen molar-refractivity contribution in [1.82, 2.24) is 4.98 Å². The molecule has 1 heterocycles. The van der Waals surface area contributed by atoms with E-state index in [1.54, 1.807) is 24.3 Å². The van der Waals surface area contributed by atoms with Gasteiger partial charge >= 0.3 is 5.97 Å². The molecule has 0 aliphatic heterocycles. The monoisotopic (exact) mass is 423 g/mol. The van der Waals surface area contributed by atoms with Gasteiger partial charge in [-0.3, -0.25) is 9.78 Å². The number of rotatable bonds is 4. The van der Waals surface area contributed by atoms with Crippen LogP contribution in [0.3, 0.4) is 0 Å². The van der Waals surface area contributed by atoms with E-state index in [0.717, 1.165) is 52.3 Å². The van der Waals surface area contributed by atoms with Crippen LogP contribution in [-0.4, -0.2) is 23.3 Å². The molecule has 4 rings (SSSR count). The standard InChI is InChI=1S/C22H18BrNO3/c23-15-11-9-14(10-12-15)20(25)13-27-22(26)21-16-5-1-3-7-18(16)24-19-8-4-2-6-17(19)21/h1,3,5,7,9-12H,2,4,6,8,13H2. The molecule has 5 heteroatoms. The summed E-state index contributed by atoms with van der Waals surface area (Å²) in [6.45, 7) is -0.272. The topological polar surface area (TPSA) is 56.3 Å². The van der Waals surface area contributed by atoms with Crippen molar-refractivity contribution in [2.75, 3.05) is 6.61 Å². The number of esters is 1. The minimum Gasteiger partial charge on any atom is -0.454 e. The van der Waals surface area contributed by atoms with Crippen LogP contribution in [-0.2, 0) is 17.6 Å². The number of ether oxygens (including phenoxy) is 1. The van der Waals surface area contributed by atoms with Crippen molar-refractivity contribution in [3.63, 3.8) is 0 Å². The number of aromatic nitrogens is 1. The molecule has 0 spiro atoms. The number of pyridine rings is 1. The van der Waals surface area contributed by atoms with Gasteiger partial charge in [0.1, 0.15) is 0 Å². The van der Waals surface area contributed by atoms with Crippen LogP contribution >= 0.6 is 15.9 Å². The highest BCUT2D eigenvalue weighted by Crippen LogP contribution is 2.29. The van der Waals surface area contributed by atoms with Crippen LogP contribution in [0.2, 0.25) is 0 Å². The molecule has 0 saturated heterocycles. The zero-order chi connectivity index (χ0) is 18.8. The van der Waals surface area contributed by atoms with Crippen molar-refractivity contribution < 1.29 is 14.3 Å². The summed E-state index contributed by atoms with van der Waals surface area (Å²) < 4.78 is 6.32. The van der Waals surface area contributed by atoms with E-state index in [1.807, 2.05) is 24.3 Å². The molecule has 1 aromatic heterocycles. The van der Waals surface area contributed by atoms with Gasteiger partial charge in [-0.15, -0.1) is 0 Å². The molecular weight excluding hydrogens is 406 g/mol. The normalized spacial score (nSPS) is 13.2. The molecule has 2 aromatic carbocycles. The molecule has 136 valence electrons. The van der Waals surface area contributed by atoms with Gasteiger partial charge in [-0.2, -0.15) is 0 Å². The Morgan fingerprint density at radius 2 is 1.74 bits per heavy atom. The molecular formula is C22H18BrNO3. The number of carbonyl (C=O) groups excluding carboxylic acids is 2. The minimum absolute atomic E-state index is 0.219. The van der Waals surface area contributed by atoms with Gasteiger partial charge in [0, 0.05) is 21.1 Å². The van der Waals surface area contributed by atoms with E-state index in [0.29, 0.717) is 11.1 Å². The fourth-order valence-electron chi connectivity index (χ4n) is 3.53. The van der Waals surface area contributed by atoms with Crippen LogP contribution in [0.1, 0.15) is 44.8 Å². The molecule has 0 saturated carbocycles. The summed E-state index contributed by atoms with van der Waals surface area (Å²) in [5, 5.41) is 0.791. The van der Waals surface area contributed by atoms with Crippen LogP contribution in [0.4, 0.5) is 0 Å². The quantitative estimate of drug-likeness (QED) is 0.441. The van der Waals surface area contributed by atoms with E-state index >= 15 is 0 Å². The van der Waals surface area contributed by atoms with Crippen molar-refractivity contribution in [2.24, 2.45) is 0 Å². The van der Waals surface area contributed by atoms with Crippen molar-refractivity contribution in [2.45, 2.75) is 25.7 Å². The molecule has 0 bridgehead atoms. The highest BCUT2D eigenvalue weighted by molar-refractivity contribution is 9.10. The lowest BCUT2D eigenvalue weighted by molar-refractivity contribution is 0.0475. The second-order valence-electron chi connectivity index (χ2n) is 6.64. The number of Topliss-reactive ketones (excluding diaryl/α,β-unsaturated/α-hetero) is 1. The van der Waals surface area contributed by atoms with Crippen LogP contribution in [0.5, 0.6) is 0 Å². The molecule has 4 nitrogen and oxygen atoms in total. The second-order valence-corrected chi connectivity index (χ2v) is 7.56. The third kappa shape index (κ3) is 3.65. The van der Waals surface area contributed by atoms with E-state index in [2.05, 4.69) is 15.9 Å². The number of hydrogen-bond acceptors (Lipinski definition) is 4. The molecule has 0 radical (unpaired) electrons. The Hall–Kier alpha value is -2.53. The fourth-order valence-corrected chi connectivity index (χ4v) is 3.79. The largest absolute Gasteiger partial charge is 0.454 e. The zero-order valence-corrected chi connectivity index (χ0v) is 16.3. The Morgan fingerprint density at radius 3 is 2.56 bits per heavy atom. The van der Waals surface area contributed by atoms with Crippen molar-refractivity contribution in [3.8, 4) is 0 Å². The van der Waals surface area contributed by atoms with Crippen LogP contribution in [0.25, 0.3) is 10.9 Å². The zero-order valence-electron chi connectivity index (χ0n) is 14.7. The van der Waals surface area contributed by atoms with Gasteiger partial charge in [-0.25, -0.2) is 4.79 Å². The predicted molar refractivity (Wildman–Crippen MR) is 107 cm³/mol. The van der Waals surface area contributed by atoms with Gasteiger partial charge in [0.25, 0.3) is 0 Å². The maximum atomic E-state index is 12.9. The number of para-hydroxylation sites is 1. The molecule has 3 aromatic rings. The number of benzene rings is 2. The lowest BCUT2D eigenvalue weighted by Gasteiger charge is -2.19. The first kappa shape index (κ1) is 17.9. The Bertz CT molecular complexity index is 1030. The highest BCUT2D eigenvalue weighted by Gasteiger charge is 2.24. The summed E-state index contributed by atoms with van der Waals surface area (Å²) in [6, 6.07) is 14.6. The number of halogens is 1. The van der Waals surface area contributed by atoms with Gasteiger partial charge < -0.3 is 4.74 Å². The lowest BCUT2D eigenvalue weighted by atomic mass is 9.90. The molecule has 0 atom stereocenters. The Balaban J connectivity index is 1.62. The van der Waals surface area contributed by atoms with E-state index < -0.39 is 5.97 Å². The first-order valence-electron chi connectivity index (χ1n) is 9.00. The van der Waals surface area contributed by atoms with Gasteiger partial charge in [0.2, 0.25) is 0 Å². The molecule has 1 aliphatic carbocycles. The summed E-state index contributed by atoms with van der Waals surface area (Å²) in [5.41, 5.74) is 3.84. The molecule has 0 amide bonds. The smallest absolute Gasteiger partial charge is 0.339 e. The van der Waals surface area contributed by atoms with Crippen molar-refractivity contribution in [3.05, 3.63) is 75.4 Å². The molecule has 1 aliphatic rings. The predicted octanol–water partition coefficient (Wildman–Crippen LogP) is 4.92. The number of carbonyl (C=O) groups is 2. The third-order valence-electron chi connectivity index (χ3n) is 4.87. The summed E-state index contributed by atoms with van der Waals surface area (Å²) in [7, 11) is 0. The summed E-state index contributed by atoms with van der Waals surface area (Å²) in [4.78, 5) is 30.0. The minimum atomic E-state index is -0.447. The van der Waals surface area contributed by atoms with E-state index in [4.69, 9.17) is 9.72 Å². The summed E-state index contributed by atoms with van der Waals surface area (Å²) in [5.74, 6) is -0.666. The van der Waals surface area contributed by atoms with E-state index in [9.17, 15) is 9.59 Å². The third-order valence-corrected chi connectivity index (χ3v) is 5.40. The number of ketones is 1. The van der Waals surface area contributed by atoms with E-state index in [1.165, 1.54) is 0 Å². The molecule has 0 N–H and O–H groups in total. The molecule has 0 unspecified atom stereocenters. The summed E-state index contributed by atoms with van der Waals surface area (Å²) in [6.07, 6.45) is 3.80. The second kappa shape index (κ2) is 7.61. The van der Waals surface area contributed by atoms with Crippen molar-refractivity contribution >= 4 is 38.6 Å². The first-order valence-corrected chi connectivity index (χ1v) is 9.79. The first-order chi connectivity index (χ1) is 13.1. The summed E-state index contributed by atoms with van der Waals surface area (Å²) >= 11 is 3.34. The van der Waals surface area contributed by atoms with Gasteiger partial charge in [-0.1, -0.05) is 46.3 Å².